The normalized spacial score (nSPS) is 13.8. The van der Waals surface area contributed by atoms with Crippen LogP contribution < -0.4 is 0 Å². The number of carbonyl (C=O) groups is 2. The van der Waals surface area contributed by atoms with Crippen molar-refractivity contribution in [3.63, 3.8) is 0 Å². The predicted octanol–water partition coefficient (Wildman–Crippen LogP) is 14.8. The summed E-state index contributed by atoms with van der Waals surface area (Å²) in [5, 5.41) is 44.2. The van der Waals surface area contributed by atoms with E-state index in [-0.39, 0.29) is 10.2 Å². The number of hydrogen-bond acceptors (Lipinski definition) is 10. The molecule has 0 rings (SSSR count). The fourth-order valence-corrected chi connectivity index (χ4v) is 10.9. The van der Waals surface area contributed by atoms with E-state index in [1.165, 1.54) is 178 Å². The van der Waals surface area contributed by atoms with Crippen LogP contribution in [0.2, 0.25) is 0 Å². The van der Waals surface area contributed by atoms with E-state index in [2.05, 4.69) is 37.5 Å². The number of nitrogens with zero attached hydrogens (tertiary/aromatic N) is 2. The van der Waals surface area contributed by atoms with Crippen molar-refractivity contribution in [3.8, 4) is 0 Å². The molecule has 4 atom stereocenters. The van der Waals surface area contributed by atoms with Crippen LogP contribution in [0.4, 0.5) is 0 Å². The zero-order valence-corrected chi connectivity index (χ0v) is 46.5. The van der Waals surface area contributed by atoms with Crippen LogP contribution in [0, 0.1) is 0 Å². The first kappa shape index (κ1) is 66.8. The highest BCUT2D eigenvalue weighted by atomic mass is 32.2. The molecule has 400 valence electrons. The van der Waals surface area contributed by atoms with Crippen LogP contribution in [0.5, 0.6) is 0 Å². The molecule has 0 aliphatic rings. The van der Waals surface area contributed by atoms with E-state index in [0.717, 1.165) is 83.5 Å². The van der Waals surface area contributed by atoms with E-state index in [1.54, 1.807) is 0 Å². The quantitative estimate of drug-likeness (QED) is 0.0438. The van der Waals surface area contributed by atoms with Crippen molar-refractivity contribution >= 4 is 33.8 Å². The molecule has 0 bridgehead atoms. The number of rotatable bonds is 54. The second-order valence-electron chi connectivity index (χ2n) is 20.5. The van der Waals surface area contributed by atoms with E-state index >= 15 is 0 Å². The minimum Gasteiger partial charge on any atom is -0.392 e. The van der Waals surface area contributed by atoms with Crippen LogP contribution >= 0.6 is 23.5 Å². The maximum Gasteiger partial charge on any atom is 0.190 e. The first-order chi connectivity index (χ1) is 32.6. The van der Waals surface area contributed by atoms with Gasteiger partial charge in [-0.05, 0) is 32.1 Å². The van der Waals surface area contributed by atoms with E-state index in [4.69, 9.17) is 0 Å². The summed E-state index contributed by atoms with van der Waals surface area (Å²) in [6.45, 7) is 12.1. The standard InChI is InChI=1S/C57H114N2O6S2/c1-5-9-13-17-21-25-29-33-38-52(60)48-58(49-53(61)39-34-30-26-22-18-14-10-6-2)44-42-56(64)66-46-37-47-67-57(65)43-45-59(50-54(62)40-35-31-27-23-19-15-11-7-3)51-55(63)41-36-32-28-24-20-16-12-8-4/h52-55,60-63H,5-51H2,1-4H3. The highest BCUT2D eigenvalue weighted by Gasteiger charge is 2.19. The molecule has 10 heteroatoms. The summed E-state index contributed by atoms with van der Waals surface area (Å²) < 4.78 is 0. The van der Waals surface area contributed by atoms with Crippen molar-refractivity contribution in [1.29, 1.82) is 0 Å². The fraction of sp³-hybridized carbons (Fsp3) is 0.965. The molecule has 0 aliphatic heterocycles. The third-order valence-electron chi connectivity index (χ3n) is 13.5. The summed E-state index contributed by atoms with van der Waals surface area (Å²) in [5.74, 6) is 1.34. The Morgan fingerprint density at radius 2 is 0.537 bits per heavy atom. The van der Waals surface area contributed by atoms with E-state index in [1.807, 2.05) is 0 Å². The Balaban J connectivity index is 4.84. The van der Waals surface area contributed by atoms with Gasteiger partial charge in [-0.3, -0.25) is 19.4 Å². The van der Waals surface area contributed by atoms with E-state index in [9.17, 15) is 30.0 Å². The third-order valence-corrected chi connectivity index (χ3v) is 15.6. The molecule has 0 saturated heterocycles. The van der Waals surface area contributed by atoms with Crippen LogP contribution in [0.3, 0.4) is 0 Å². The lowest BCUT2D eigenvalue weighted by atomic mass is 10.0. The van der Waals surface area contributed by atoms with Gasteiger partial charge in [0.25, 0.3) is 0 Å². The molecule has 4 N–H and O–H groups in total. The monoisotopic (exact) mass is 987 g/mol. The summed E-state index contributed by atoms with van der Waals surface area (Å²) in [5.41, 5.74) is 0. The third kappa shape index (κ3) is 49.2. The SMILES string of the molecule is CCCCCCCCCCC(O)CN(CCC(=O)SCCCSC(=O)CCN(CC(O)CCCCCCCCCC)CC(O)CCCCCCCCCC)CC(O)CCCCCCCCCC. The topological polar surface area (TPSA) is 122 Å². The van der Waals surface area contributed by atoms with Crippen molar-refractivity contribution in [1.82, 2.24) is 9.80 Å². The van der Waals surface area contributed by atoms with Crippen LogP contribution in [-0.4, -0.2) is 116 Å². The minimum absolute atomic E-state index is 0.128. The Morgan fingerprint density at radius 1 is 0.328 bits per heavy atom. The van der Waals surface area contributed by atoms with Crippen molar-refractivity contribution in [2.75, 3.05) is 50.8 Å². The molecule has 67 heavy (non-hydrogen) atoms. The number of hydrogen-bond donors (Lipinski definition) is 4. The second-order valence-corrected chi connectivity index (χ2v) is 22.8. The van der Waals surface area contributed by atoms with Gasteiger partial charge in [0.05, 0.1) is 24.4 Å². The van der Waals surface area contributed by atoms with Gasteiger partial charge in [0.15, 0.2) is 10.2 Å². The molecule has 4 unspecified atom stereocenters. The Hall–Kier alpha value is -0.200. The number of unbranched alkanes of at least 4 members (excludes halogenated alkanes) is 28. The van der Waals surface area contributed by atoms with Gasteiger partial charge >= 0.3 is 0 Å². The number of aliphatic hydroxyl groups excluding tert-OH is 4. The van der Waals surface area contributed by atoms with Gasteiger partial charge in [0, 0.05) is 63.6 Å². The molecule has 0 heterocycles. The maximum atomic E-state index is 13.0. The molecule has 0 amide bonds. The van der Waals surface area contributed by atoms with Gasteiger partial charge < -0.3 is 20.4 Å². The fourth-order valence-electron chi connectivity index (χ4n) is 9.20. The average Bonchev–Trinajstić information content (AvgIpc) is 3.30. The van der Waals surface area contributed by atoms with Crippen LogP contribution in [0.15, 0.2) is 0 Å². The van der Waals surface area contributed by atoms with Crippen molar-refractivity contribution < 1.29 is 30.0 Å². The zero-order chi connectivity index (χ0) is 49.3. The highest BCUT2D eigenvalue weighted by Crippen LogP contribution is 2.19. The van der Waals surface area contributed by atoms with E-state index in [0.29, 0.717) is 63.6 Å². The van der Waals surface area contributed by atoms with Gasteiger partial charge in [-0.1, -0.05) is 257 Å². The van der Waals surface area contributed by atoms with Crippen LogP contribution in [0.25, 0.3) is 0 Å². The minimum atomic E-state index is -0.450. The molecule has 0 fully saturated rings. The largest absolute Gasteiger partial charge is 0.392 e. The molecule has 8 nitrogen and oxygen atoms in total. The van der Waals surface area contributed by atoms with Crippen molar-refractivity contribution in [3.05, 3.63) is 0 Å². The highest BCUT2D eigenvalue weighted by molar-refractivity contribution is 8.14. The molecule has 0 aromatic heterocycles. The van der Waals surface area contributed by atoms with Crippen LogP contribution in [-0.2, 0) is 9.59 Å². The lowest BCUT2D eigenvalue weighted by Gasteiger charge is -2.27. The Kier molecular flexibility index (Phi) is 52.0. The molecule has 0 aromatic carbocycles. The predicted molar refractivity (Wildman–Crippen MR) is 295 cm³/mol. The van der Waals surface area contributed by atoms with Crippen molar-refractivity contribution in [2.24, 2.45) is 0 Å². The lowest BCUT2D eigenvalue weighted by Crippen LogP contribution is -2.39. The molecular weight excluding hydrogens is 873 g/mol. The summed E-state index contributed by atoms with van der Waals surface area (Å²) in [6.07, 6.45) is 42.3. The number of aliphatic hydroxyl groups is 4. The lowest BCUT2D eigenvalue weighted by molar-refractivity contribution is -0.112. The number of carbonyl (C=O) groups excluding carboxylic acids is 2. The summed E-state index contributed by atoms with van der Waals surface area (Å²) in [7, 11) is 0. The second kappa shape index (κ2) is 52.1. The Labute approximate surface area is 424 Å². The summed E-state index contributed by atoms with van der Waals surface area (Å²) in [4.78, 5) is 30.3. The van der Waals surface area contributed by atoms with Crippen LogP contribution in [0.1, 0.15) is 278 Å². The van der Waals surface area contributed by atoms with Gasteiger partial charge in [-0.2, -0.15) is 0 Å². The van der Waals surface area contributed by atoms with Gasteiger partial charge in [-0.25, -0.2) is 0 Å². The Morgan fingerprint density at radius 3 is 0.761 bits per heavy atom. The molecule has 0 radical (unpaired) electrons. The maximum absolute atomic E-state index is 13.0. The number of thioether (sulfide) groups is 2. The molecular formula is C57H114N2O6S2. The van der Waals surface area contributed by atoms with Gasteiger partial charge in [-0.15, -0.1) is 0 Å². The van der Waals surface area contributed by atoms with Gasteiger partial charge in [0.1, 0.15) is 0 Å². The summed E-state index contributed by atoms with van der Waals surface area (Å²) in [6, 6.07) is 0. The molecule has 0 aromatic rings. The van der Waals surface area contributed by atoms with E-state index < -0.39 is 24.4 Å². The zero-order valence-electron chi connectivity index (χ0n) is 44.9. The smallest absolute Gasteiger partial charge is 0.190 e. The first-order valence-electron chi connectivity index (χ1n) is 29.1. The molecule has 0 saturated carbocycles. The molecule has 0 aliphatic carbocycles. The van der Waals surface area contributed by atoms with Gasteiger partial charge in [0.2, 0.25) is 0 Å². The first-order valence-corrected chi connectivity index (χ1v) is 31.1. The summed E-state index contributed by atoms with van der Waals surface area (Å²) >= 11 is 2.68. The van der Waals surface area contributed by atoms with Crippen molar-refractivity contribution in [2.45, 2.75) is 303 Å². The average molecular weight is 988 g/mol. The molecule has 0 spiro atoms. The Bertz CT molecular complexity index is 908.